The molecule has 2 saturated heterocycles. The number of imide groups is 1. The van der Waals surface area contributed by atoms with E-state index in [1.807, 2.05) is 0 Å². The maximum absolute atomic E-state index is 13.7. The van der Waals surface area contributed by atoms with Gasteiger partial charge in [0.05, 0.1) is 17.4 Å². The van der Waals surface area contributed by atoms with Crippen molar-refractivity contribution in [3.05, 3.63) is 88.9 Å². The Morgan fingerprint density at radius 2 is 1.60 bits per heavy atom. The van der Waals surface area contributed by atoms with Gasteiger partial charge in [0.2, 0.25) is 5.91 Å². The van der Waals surface area contributed by atoms with Gasteiger partial charge >= 0.3 is 6.36 Å². The van der Waals surface area contributed by atoms with E-state index >= 15 is 0 Å². The molecule has 5 rings (SSSR count). The number of hydroxylamine groups is 1. The van der Waals surface area contributed by atoms with Gasteiger partial charge in [-0.1, -0.05) is 48.0 Å². The largest absolute Gasteiger partial charge is 0.573 e. The summed E-state index contributed by atoms with van der Waals surface area (Å²) < 4.78 is 41.8. The molecule has 3 aromatic carbocycles. The fourth-order valence-electron chi connectivity index (χ4n) is 4.49. The molecule has 2 amide bonds. The average Bonchev–Trinajstić information content (AvgIpc) is 3.32. The molecule has 2 fully saturated rings. The minimum atomic E-state index is -4.83. The number of rotatable bonds is 4. The van der Waals surface area contributed by atoms with Crippen molar-refractivity contribution in [2.45, 2.75) is 25.4 Å². The number of amides is 2. The van der Waals surface area contributed by atoms with Gasteiger partial charge < -0.3 is 4.74 Å². The van der Waals surface area contributed by atoms with Crippen LogP contribution in [0.25, 0.3) is 0 Å². The Bertz CT molecular complexity index is 1280. The summed E-state index contributed by atoms with van der Waals surface area (Å²) in [4.78, 5) is 34.2. The molecule has 2 heterocycles. The minimum absolute atomic E-state index is 0.365. The molecule has 2 aliphatic rings. The van der Waals surface area contributed by atoms with Gasteiger partial charge in [0.1, 0.15) is 11.7 Å². The van der Waals surface area contributed by atoms with Crippen molar-refractivity contribution in [3.8, 4) is 5.75 Å². The van der Waals surface area contributed by atoms with E-state index in [0.29, 0.717) is 27.5 Å². The van der Waals surface area contributed by atoms with Gasteiger partial charge in [0, 0.05) is 5.02 Å². The van der Waals surface area contributed by atoms with Crippen LogP contribution < -0.4 is 14.7 Å². The smallest absolute Gasteiger partial charge is 0.406 e. The highest BCUT2D eigenvalue weighted by Crippen LogP contribution is 2.48. The molecule has 3 atom stereocenters. The van der Waals surface area contributed by atoms with Gasteiger partial charge in [-0.05, 0) is 54.4 Å². The Kier molecular flexibility index (Phi) is 5.69. The van der Waals surface area contributed by atoms with E-state index in [-0.39, 0.29) is 0 Å². The molecular weight excluding hydrogens is 485 g/mol. The summed E-state index contributed by atoms with van der Waals surface area (Å²) in [5.74, 6) is -2.35. The molecule has 0 saturated carbocycles. The third-order valence-electron chi connectivity index (χ3n) is 6.06. The van der Waals surface area contributed by atoms with E-state index in [4.69, 9.17) is 16.4 Å². The fourth-order valence-corrected chi connectivity index (χ4v) is 4.66. The number of anilines is 2. The molecule has 0 N–H and O–H groups in total. The van der Waals surface area contributed by atoms with Crippen molar-refractivity contribution in [2.75, 3.05) is 9.96 Å². The highest BCUT2D eigenvalue weighted by Gasteiger charge is 2.60. The number of benzene rings is 3. The van der Waals surface area contributed by atoms with Gasteiger partial charge in [0.25, 0.3) is 5.91 Å². The molecule has 0 spiro atoms. The zero-order valence-electron chi connectivity index (χ0n) is 18.2. The third-order valence-corrected chi connectivity index (χ3v) is 6.47. The van der Waals surface area contributed by atoms with E-state index in [0.717, 1.165) is 4.90 Å². The Morgan fingerprint density at radius 3 is 2.26 bits per heavy atom. The number of fused-ring (bicyclic) bond motifs is 1. The Hall–Kier alpha value is -3.56. The lowest BCUT2D eigenvalue weighted by molar-refractivity contribution is -0.274. The second-order valence-electron chi connectivity index (χ2n) is 8.17. The number of nitrogens with zero attached hydrogens (tertiary/aromatic N) is 2. The summed E-state index contributed by atoms with van der Waals surface area (Å²) >= 11 is 6.22. The maximum atomic E-state index is 13.7. The molecule has 35 heavy (non-hydrogen) atoms. The highest BCUT2D eigenvalue weighted by molar-refractivity contribution is 6.32. The fraction of sp³-hybridized carbons (Fsp3) is 0.200. The van der Waals surface area contributed by atoms with Crippen LogP contribution in [0.3, 0.4) is 0 Å². The molecule has 2 aliphatic heterocycles. The summed E-state index contributed by atoms with van der Waals surface area (Å²) in [6, 6.07) is 18.2. The molecule has 10 heteroatoms. The first kappa shape index (κ1) is 23.2. The maximum Gasteiger partial charge on any atom is 0.573 e. The number of hydrogen-bond acceptors (Lipinski definition) is 5. The zero-order chi connectivity index (χ0) is 24.9. The predicted molar refractivity (Wildman–Crippen MR) is 122 cm³/mol. The van der Waals surface area contributed by atoms with Crippen molar-refractivity contribution < 1.29 is 32.3 Å². The van der Waals surface area contributed by atoms with Crippen LogP contribution in [-0.2, 0) is 14.4 Å². The number of carbonyl (C=O) groups is 2. The van der Waals surface area contributed by atoms with Crippen molar-refractivity contribution in [1.29, 1.82) is 0 Å². The lowest BCUT2D eigenvalue weighted by Crippen LogP contribution is -2.37. The van der Waals surface area contributed by atoms with Gasteiger partial charge in [0.15, 0.2) is 6.10 Å². The average molecular weight is 503 g/mol. The SMILES string of the molecule is Cc1c(Cl)cccc1N1C(=O)[C@@H]2[C@H](ON(c3ccccc3)[C@H]2c2ccc(OC(F)(F)F)cc2)C1=O. The van der Waals surface area contributed by atoms with Crippen molar-refractivity contribution in [2.24, 2.45) is 5.92 Å². The number of hydrogen-bond donors (Lipinski definition) is 0. The quantitative estimate of drug-likeness (QED) is 0.435. The van der Waals surface area contributed by atoms with E-state index in [9.17, 15) is 22.8 Å². The number of halogens is 4. The first-order chi connectivity index (χ1) is 16.7. The van der Waals surface area contributed by atoms with Crippen LogP contribution in [0.15, 0.2) is 72.8 Å². The zero-order valence-corrected chi connectivity index (χ0v) is 19.0. The summed E-state index contributed by atoms with van der Waals surface area (Å²) in [5.41, 5.74) is 2.01. The van der Waals surface area contributed by atoms with Crippen LogP contribution in [0.4, 0.5) is 24.5 Å². The lowest BCUT2D eigenvalue weighted by atomic mass is 9.90. The Balaban J connectivity index is 1.55. The molecule has 6 nitrogen and oxygen atoms in total. The van der Waals surface area contributed by atoms with Gasteiger partial charge in [-0.3, -0.25) is 14.4 Å². The molecule has 0 aliphatic carbocycles. The lowest BCUT2D eigenvalue weighted by Gasteiger charge is -2.29. The van der Waals surface area contributed by atoms with Crippen LogP contribution >= 0.6 is 11.6 Å². The van der Waals surface area contributed by atoms with Crippen molar-refractivity contribution in [1.82, 2.24) is 0 Å². The van der Waals surface area contributed by atoms with Crippen LogP contribution in [0.5, 0.6) is 5.75 Å². The normalized spacial score (nSPS) is 22.0. The number of para-hydroxylation sites is 1. The van der Waals surface area contributed by atoms with Crippen LogP contribution in [0.2, 0.25) is 5.02 Å². The van der Waals surface area contributed by atoms with Gasteiger partial charge in [-0.2, -0.15) is 0 Å². The molecule has 0 bridgehead atoms. The van der Waals surface area contributed by atoms with E-state index < -0.39 is 42.0 Å². The second-order valence-corrected chi connectivity index (χ2v) is 8.58. The standard InChI is InChI=1S/C25H18ClF3N2O4/c1-14-18(26)8-5-9-19(14)30-23(32)20-21(15-10-12-17(13-11-15)34-25(27,28)29)31(35-22(20)24(30)33)16-6-3-2-4-7-16/h2-13,20-22H,1H3/t20-,21-,22-/m0/s1. The van der Waals surface area contributed by atoms with E-state index in [1.165, 1.54) is 29.3 Å². The number of carbonyl (C=O) groups excluding carboxylic acids is 2. The topological polar surface area (TPSA) is 59.1 Å². The van der Waals surface area contributed by atoms with E-state index in [2.05, 4.69) is 4.74 Å². The molecule has 0 radical (unpaired) electrons. The number of ether oxygens (including phenoxy) is 1. The summed E-state index contributed by atoms with van der Waals surface area (Å²) in [7, 11) is 0. The van der Waals surface area contributed by atoms with Gasteiger partial charge in [-0.25, -0.2) is 9.96 Å². The Labute approximate surface area is 203 Å². The van der Waals surface area contributed by atoms with Gasteiger partial charge in [-0.15, -0.1) is 13.2 Å². The van der Waals surface area contributed by atoms with Crippen molar-refractivity contribution in [3.63, 3.8) is 0 Å². The second kappa shape index (κ2) is 8.58. The van der Waals surface area contributed by atoms with Crippen LogP contribution in [0, 0.1) is 12.8 Å². The molecule has 0 aromatic heterocycles. The summed E-state index contributed by atoms with van der Waals surface area (Å²) in [6.45, 7) is 1.71. The summed E-state index contributed by atoms with van der Waals surface area (Å²) in [5, 5.41) is 1.87. The van der Waals surface area contributed by atoms with Crippen molar-refractivity contribution >= 4 is 34.8 Å². The third kappa shape index (κ3) is 4.11. The van der Waals surface area contributed by atoms with E-state index in [1.54, 1.807) is 55.5 Å². The number of alkyl halides is 3. The first-order valence-corrected chi connectivity index (χ1v) is 11.0. The monoisotopic (exact) mass is 502 g/mol. The molecule has 0 unspecified atom stereocenters. The first-order valence-electron chi connectivity index (χ1n) is 10.7. The molecular formula is C25H18ClF3N2O4. The molecule has 3 aromatic rings. The predicted octanol–water partition coefficient (Wildman–Crippen LogP) is 5.60. The van der Waals surface area contributed by atoms with Crippen LogP contribution in [-0.4, -0.2) is 24.3 Å². The van der Waals surface area contributed by atoms with Crippen LogP contribution in [0.1, 0.15) is 17.2 Å². The summed E-state index contributed by atoms with van der Waals surface area (Å²) in [6.07, 6.45) is -5.94. The minimum Gasteiger partial charge on any atom is -0.406 e. The molecule has 180 valence electrons. The Morgan fingerprint density at radius 1 is 0.914 bits per heavy atom. The highest BCUT2D eigenvalue weighted by atomic mass is 35.5.